The third-order valence-electron chi connectivity index (χ3n) is 4.33. The van der Waals surface area contributed by atoms with Gasteiger partial charge in [0.15, 0.2) is 0 Å². The molecule has 0 unspecified atom stereocenters. The Kier molecular flexibility index (Phi) is 2.21. The Morgan fingerprint density at radius 2 is 2.06 bits per heavy atom. The number of likely N-dealkylation sites (tertiary alicyclic amines) is 1. The van der Waals surface area contributed by atoms with Gasteiger partial charge < -0.3 is 9.80 Å². The zero-order chi connectivity index (χ0) is 11.3. The number of aryl methyl sites for hydroxylation is 1. The Bertz CT molecular complexity index is 413. The maximum absolute atomic E-state index is 2.50. The maximum Gasteiger partial charge on any atom is 0.0405 e. The van der Waals surface area contributed by atoms with Crippen LogP contribution in [0.1, 0.15) is 23.5 Å². The lowest BCUT2D eigenvalue weighted by molar-refractivity contribution is 0.233. The molecule has 2 aliphatic rings. The van der Waals surface area contributed by atoms with E-state index in [9.17, 15) is 0 Å². The van der Waals surface area contributed by atoms with Gasteiger partial charge in [0.05, 0.1) is 0 Å². The molecule has 0 radical (unpaired) electrons. The molecule has 2 atom stereocenters. The number of likely N-dealkylation sites (N-methyl/N-ethyl adjacent to an activating group) is 2. The van der Waals surface area contributed by atoms with Gasteiger partial charge >= 0.3 is 0 Å². The van der Waals surface area contributed by atoms with Gasteiger partial charge in [0.2, 0.25) is 0 Å². The van der Waals surface area contributed by atoms with Gasteiger partial charge in [-0.25, -0.2) is 0 Å². The average molecular weight is 216 g/mol. The lowest BCUT2D eigenvalue weighted by atomic mass is 9.87. The van der Waals surface area contributed by atoms with E-state index in [4.69, 9.17) is 0 Å². The summed E-state index contributed by atoms with van der Waals surface area (Å²) in [7, 11) is 4.50. The molecule has 1 aromatic rings. The van der Waals surface area contributed by atoms with Crippen LogP contribution < -0.4 is 4.90 Å². The second-order valence-electron chi connectivity index (χ2n) is 5.34. The second kappa shape index (κ2) is 3.49. The van der Waals surface area contributed by atoms with Crippen LogP contribution in [0.15, 0.2) is 18.2 Å². The van der Waals surface area contributed by atoms with Crippen LogP contribution in [-0.4, -0.2) is 38.1 Å². The third kappa shape index (κ3) is 1.29. The lowest BCUT2D eigenvalue weighted by Gasteiger charge is -2.36. The first-order chi connectivity index (χ1) is 7.68. The molecule has 3 rings (SSSR count). The van der Waals surface area contributed by atoms with Crippen molar-refractivity contribution in [3.05, 3.63) is 29.3 Å². The molecular weight excluding hydrogens is 196 g/mol. The number of piperidine rings is 1. The highest BCUT2D eigenvalue weighted by molar-refractivity contribution is 5.64. The summed E-state index contributed by atoms with van der Waals surface area (Å²) in [5, 5.41) is 0. The van der Waals surface area contributed by atoms with Crippen LogP contribution in [0.5, 0.6) is 0 Å². The summed E-state index contributed by atoms with van der Waals surface area (Å²) < 4.78 is 0. The van der Waals surface area contributed by atoms with Crippen LogP contribution in [0.3, 0.4) is 0 Å². The number of anilines is 1. The predicted octanol–water partition coefficient (Wildman–Crippen LogP) is 2.23. The van der Waals surface area contributed by atoms with Crippen molar-refractivity contribution in [3.8, 4) is 0 Å². The minimum Gasteiger partial charge on any atom is -0.371 e. The molecule has 16 heavy (non-hydrogen) atoms. The normalized spacial score (nSPS) is 29.1. The quantitative estimate of drug-likeness (QED) is 0.656. The van der Waals surface area contributed by atoms with Crippen molar-refractivity contribution in [1.29, 1.82) is 0 Å². The number of fused-ring (bicyclic) bond motifs is 3. The molecule has 1 saturated heterocycles. The van der Waals surface area contributed by atoms with Crippen LogP contribution in [0.2, 0.25) is 0 Å². The molecule has 1 aromatic carbocycles. The Balaban J connectivity index is 2.08. The van der Waals surface area contributed by atoms with Crippen molar-refractivity contribution in [1.82, 2.24) is 4.90 Å². The van der Waals surface area contributed by atoms with Crippen molar-refractivity contribution < 1.29 is 0 Å². The summed E-state index contributed by atoms with van der Waals surface area (Å²) in [6.45, 7) is 4.70. The molecule has 0 N–H and O–H groups in total. The standard InChI is InChI=1S/C14H20N2/c1-10-5-4-6-13-14(10)11-9-15(2)8-7-12(11)16(13)3/h4-6,11-12H,7-9H2,1-3H3/t11-,12-/m1/s1. The molecule has 1 fully saturated rings. The van der Waals surface area contributed by atoms with Crippen molar-refractivity contribution in [2.24, 2.45) is 0 Å². The fourth-order valence-corrected chi connectivity index (χ4v) is 3.48. The van der Waals surface area contributed by atoms with Gasteiger partial charge in [-0.05, 0) is 44.1 Å². The molecule has 2 nitrogen and oxygen atoms in total. The Hall–Kier alpha value is -1.02. The van der Waals surface area contributed by atoms with Gasteiger partial charge in [-0.2, -0.15) is 0 Å². The number of rotatable bonds is 0. The van der Waals surface area contributed by atoms with E-state index in [1.54, 1.807) is 5.56 Å². The molecule has 2 heteroatoms. The number of hydrogen-bond donors (Lipinski definition) is 0. The summed E-state index contributed by atoms with van der Waals surface area (Å²) in [4.78, 5) is 4.97. The van der Waals surface area contributed by atoms with E-state index < -0.39 is 0 Å². The Morgan fingerprint density at radius 3 is 2.88 bits per heavy atom. The maximum atomic E-state index is 2.50. The summed E-state index contributed by atoms with van der Waals surface area (Å²) in [6, 6.07) is 7.45. The molecule has 0 aliphatic carbocycles. The first-order valence-corrected chi connectivity index (χ1v) is 6.19. The van der Waals surface area contributed by atoms with E-state index in [1.807, 2.05) is 0 Å². The molecule has 2 heterocycles. The highest BCUT2D eigenvalue weighted by Gasteiger charge is 2.39. The van der Waals surface area contributed by atoms with Crippen LogP contribution in [-0.2, 0) is 0 Å². The van der Waals surface area contributed by atoms with Crippen molar-refractivity contribution in [2.75, 3.05) is 32.1 Å². The minimum atomic E-state index is 0.722. The fraction of sp³-hybridized carbons (Fsp3) is 0.571. The van der Waals surface area contributed by atoms with Gasteiger partial charge in [0.25, 0.3) is 0 Å². The summed E-state index contributed by atoms with van der Waals surface area (Å²) in [5.41, 5.74) is 4.53. The van der Waals surface area contributed by atoms with E-state index in [0.29, 0.717) is 0 Å². The van der Waals surface area contributed by atoms with Crippen LogP contribution in [0.4, 0.5) is 5.69 Å². The van der Waals surface area contributed by atoms with Crippen LogP contribution >= 0.6 is 0 Å². The molecule has 86 valence electrons. The Morgan fingerprint density at radius 1 is 1.25 bits per heavy atom. The van der Waals surface area contributed by atoms with Crippen LogP contribution in [0, 0.1) is 6.92 Å². The largest absolute Gasteiger partial charge is 0.371 e. The molecule has 0 saturated carbocycles. The number of nitrogens with zero attached hydrogens (tertiary/aromatic N) is 2. The van der Waals surface area contributed by atoms with Crippen molar-refractivity contribution >= 4 is 5.69 Å². The van der Waals surface area contributed by atoms with Crippen molar-refractivity contribution in [2.45, 2.75) is 25.3 Å². The second-order valence-corrected chi connectivity index (χ2v) is 5.34. The molecule has 0 amide bonds. The van der Waals surface area contributed by atoms with E-state index in [-0.39, 0.29) is 0 Å². The molecule has 2 aliphatic heterocycles. The monoisotopic (exact) mass is 216 g/mol. The SMILES string of the molecule is Cc1cccc2c1[C@@H]1CN(C)CC[C@H]1N2C. The van der Waals surface area contributed by atoms with E-state index in [0.717, 1.165) is 12.0 Å². The number of hydrogen-bond acceptors (Lipinski definition) is 2. The topological polar surface area (TPSA) is 6.48 Å². The fourth-order valence-electron chi connectivity index (χ4n) is 3.48. The van der Waals surface area contributed by atoms with Crippen LogP contribution in [0.25, 0.3) is 0 Å². The van der Waals surface area contributed by atoms with Gasteiger partial charge in [-0.3, -0.25) is 0 Å². The van der Waals surface area contributed by atoms with Gasteiger partial charge in [-0.1, -0.05) is 12.1 Å². The zero-order valence-corrected chi connectivity index (χ0v) is 10.4. The highest BCUT2D eigenvalue weighted by atomic mass is 15.2. The van der Waals surface area contributed by atoms with Gasteiger partial charge in [-0.15, -0.1) is 0 Å². The average Bonchev–Trinajstić information content (AvgIpc) is 2.54. The molecule has 0 aromatic heterocycles. The molecule has 0 bridgehead atoms. The summed E-state index contributed by atoms with van der Waals surface area (Å²) in [5.74, 6) is 0.722. The molecular formula is C14H20N2. The van der Waals surface area contributed by atoms with Gasteiger partial charge in [0.1, 0.15) is 0 Å². The number of benzene rings is 1. The zero-order valence-electron chi connectivity index (χ0n) is 10.4. The first kappa shape index (κ1) is 10.2. The van der Waals surface area contributed by atoms with Crippen molar-refractivity contribution in [3.63, 3.8) is 0 Å². The third-order valence-corrected chi connectivity index (χ3v) is 4.33. The molecule has 0 spiro atoms. The van der Waals surface area contributed by atoms with E-state index >= 15 is 0 Å². The van der Waals surface area contributed by atoms with E-state index in [2.05, 4.69) is 49.0 Å². The minimum absolute atomic E-state index is 0.722. The van der Waals surface area contributed by atoms with Gasteiger partial charge in [0, 0.05) is 31.2 Å². The summed E-state index contributed by atoms with van der Waals surface area (Å²) >= 11 is 0. The lowest BCUT2D eigenvalue weighted by Crippen LogP contribution is -2.43. The Labute approximate surface area is 97.9 Å². The highest BCUT2D eigenvalue weighted by Crippen LogP contribution is 2.44. The smallest absolute Gasteiger partial charge is 0.0405 e. The predicted molar refractivity (Wildman–Crippen MR) is 68.2 cm³/mol. The first-order valence-electron chi connectivity index (χ1n) is 6.19. The summed E-state index contributed by atoms with van der Waals surface area (Å²) in [6.07, 6.45) is 1.30. The van der Waals surface area contributed by atoms with E-state index in [1.165, 1.54) is 30.8 Å².